The van der Waals surface area contributed by atoms with Gasteiger partial charge in [-0.3, -0.25) is 13.9 Å². The van der Waals surface area contributed by atoms with Crippen LogP contribution in [0.5, 0.6) is 5.75 Å². The van der Waals surface area contributed by atoms with Crippen LogP contribution in [0.25, 0.3) is 0 Å². The normalized spacial score (nSPS) is 13.2. The number of rotatable bonds is 6. The minimum absolute atomic E-state index is 0.140. The maximum atomic E-state index is 11.6. The lowest BCUT2D eigenvalue weighted by atomic mass is 9.87. The van der Waals surface area contributed by atoms with Crippen molar-refractivity contribution in [3.8, 4) is 5.75 Å². The van der Waals surface area contributed by atoms with E-state index in [9.17, 15) is 14.5 Å². The Labute approximate surface area is 127 Å². The number of aromatic hydroxyl groups is 1. The molecule has 1 atom stereocenters. The summed E-state index contributed by atoms with van der Waals surface area (Å²) in [5.74, 6) is -0.429. The molecule has 1 rings (SSSR count). The van der Waals surface area contributed by atoms with Crippen LogP contribution in [-0.4, -0.2) is 15.8 Å². The van der Waals surface area contributed by atoms with Crippen molar-refractivity contribution in [3.63, 3.8) is 0 Å². The molecule has 1 aromatic carbocycles. The molecule has 0 saturated carbocycles. The summed E-state index contributed by atoms with van der Waals surface area (Å²) in [4.78, 5) is 20.7. The summed E-state index contributed by atoms with van der Waals surface area (Å²) in [6, 6.07) is 3.12. The Morgan fingerprint density at radius 3 is 2.35 bits per heavy atom. The molecule has 0 amide bonds. The minimum Gasteiger partial charge on any atom is -0.506 e. The maximum Gasteiger partial charge on any atom is 0.317 e. The van der Waals surface area contributed by atoms with E-state index in [1.165, 1.54) is 13.0 Å². The highest BCUT2D eigenvalue weighted by molar-refractivity contribution is 9.10. The first-order valence-electron chi connectivity index (χ1n) is 6.23. The number of Topliss-reactive ketones (excluding diaryl/α,β-unsaturated/α-hetero) is 1. The molecule has 1 aromatic rings. The van der Waals surface area contributed by atoms with Crippen LogP contribution in [0.1, 0.15) is 49.5 Å². The lowest BCUT2D eigenvalue weighted by Gasteiger charge is -2.31. The van der Waals surface area contributed by atoms with Crippen LogP contribution in [0.4, 0.5) is 0 Å². The Morgan fingerprint density at radius 2 is 1.95 bits per heavy atom. The number of hydrogen-bond donors (Lipinski definition) is 2. The van der Waals surface area contributed by atoms with Gasteiger partial charge in [0.25, 0.3) is 0 Å². The van der Waals surface area contributed by atoms with Crippen LogP contribution in [0, 0.1) is 0 Å². The molecule has 112 valence electrons. The zero-order valence-corrected chi connectivity index (χ0v) is 14.2. The number of carbonyl (C=O) groups is 1. The molecule has 7 heteroatoms. The van der Waals surface area contributed by atoms with E-state index in [1.807, 2.05) is 13.8 Å². The number of ketones is 1. The molecule has 2 N–H and O–H groups in total. The quantitative estimate of drug-likeness (QED) is 0.592. The summed E-state index contributed by atoms with van der Waals surface area (Å²) in [6.45, 7) is 5.02. The number of benzene rings is 1. The van der Waals surface area contributed by atoms with Crippen molar-refractivity contribution < 1.29 is 23.9 Å². The molecule has 0 aliphatic carbocycles. The number of carbonyl (C=O) groups excluding carboxylic acids is 1. The Balaban J connectivity index is 3.49. The van der Waals surface area contributed by atoms with Gasteiger partial charge in [0, 0.05) is 0 Å². The van der Waals surface area contributed by atoms with E-state index in [2.05, 4.69) is 15.9 Å². The van der Waals surface area contributed by atoms with Gasteiger partial charge in [-0.25, -0.2) is 0 Å². The van der Waals surface area contributed by atoms with E-state index in [-0.39, 0.29) is 17.1 Å². The van der Waals surface area contributed by atoms with E-state index < -0.39 is 13.9 Å². The van der Waals surface area contributed by atoms with Gasteiger partial charge in [-0.15, -0.1) is 0 Å². The van der Waals surface area contributed by atoms with Crippen molar-refractivity contribution in [2.75, 3.05) is 0 Å². The Morgan fingerprint density at radius 1 is 1.40 bits per heavy atom. The van der Waals surface area contributed by atoms with Crippen LogP contribution in [0.2, 0.25) is 0 Å². The van der Waals surface area contributed by atoms with E-state index in [4.69, 9.17) is 9.42 Å². The van der Waals surface area contributed by atoms with Crippen molar-refractivity contribution in [2.24, 2.45) is 0 Å². The second-order valence-corrected chi connectivity index (χ2v) is 6.07. The van der Waals surface area contributed by atoms with Gasteiger partial charge in [0.15, 0.2) is 5.78 Å². The van der Waals surface area contributed by atoms with Gasteiger partial charge in [-0.05, 0) is 53.4 Å². The number of phenolic OH excluding ortho intramolecular Hbond substituents is 1. The van der Waals surface area contributed by atoms with Crippen molar-refractivity contribution in [2.45, 2.75) is 39.2 Å². The first kappa shape index (κ1) is 17.4. The molecular formula is C13H18BrO5P. The molecule has 0 spiro atoms. The zero-order valence-electron chi connectivity index (χ0n) is 11.6. The van der Waals surface area contributed by atoms with Crippen molar-refractivity contribution >= 4 is 30.0 Å². The van der Waals surface area contributed by atoms with Crippen molar-refractivity contribution in [3.05, 3.63) is 27.7 Å². The highest BCUT2D eigenvalue weighted by Gasteiger charge is 2.33. The largest absolute Gasteiger partial charge is 0.506 e. The highest BCUT2D eigenvalue weighted by Crippen LogP contribution is 2.43. The first-order chi connectivity index (χ1) is 9.27. The van der Waals surface area contributed by atoms with Gasteiger partial charge >= 0.3 is 8.25 Å². The van der Waals surface area contributed by atoms with Gasteiger partial charge < -0.3 is 10.00 Å². The highest BCUT2D eigenvalue weighted by atomic mass is 79.9. The van der Waals surface area contributed by atoms with Gasteiger partial charge in [0.1, 0.15) is 11.4 Å². The smallest absolute Gasteiger partial charge is 0.317 e. The summed E-state index contributed by atoms with van der Waals surface area (Å²) >= 11 is 3.19. The fourth-order valence-corrected chi connectivity index (χ4v) is 3.36. The summed E-state index contributed by atoms with van der Waals surface area (Å²) in [7, 11) is -3.13. The monoisotopic (exact) mass is 364 g/mol. The van der Waals surface area contributed by atoms with E-state index >= 15 is 0 Å². The fraction of sp³-hybridized carbons (Fsp3) is 0.462. The van der Waals surface area contributed by atoms with Crippen LogP contribution in [0.3, 0.4) is 0 Å². The van der Waals surface area contributed by atoms with Gasteiger partial charge in [-0.1, -0.05) is 13.8 Å². The Hall–Kier alpha value is -0.680. The Bertz CT molecular complexity index is 540. The SMILES string of the molecule is CCC(CC)(O[PH](=O)O)c1cc(Br)c(O)c(C(C)=O)c1. The molecule has 0 saturated heterocycles. The van der Waals surface area contributed by atoms with Crippen LogP contribution in [0.15, 0.2) is 16.6 Å². The number of hydrogen-bond acceptors (Lipinski definition) is 4. The molecule has 0 fully saturated rings. The van der Waals surface area contributed by atoms with Gasteiger partial charge in [0.2, 0.25) is 0 Å². The second-order valence-electron chi connectivity index (χ2n) is 4.48. The average Bonchev–Trinajstić information content (AvgIpc) is 2.38. The molecule has 5 nitrogen and oxygen atoms in total. The van der Waals surface area contributed by atoms with Crippen LogP contribution >= 0.6 is 24.2 Å². The van der Waals surface area contributed by atoms with Crippen molar-refractivity contribution in [1.29, 1.82) is 0 Å². The van der Waals surface area contributed by atoms with E-state index in [1.54, 1.807) is 6.07 Å². The molecule has 1 unspecified atom stereocenters. The fourth-order valence-electron chi connectivity index (χ4n) is 2.16. The zero-order chi connectivity index (χ0) is 15.5. The first-order valence-corrected chi connectivity index (χ1v) is 8.29. The second kappa shape index (κ2) is 6.85. The van der Waals surface area contributed by atoms with E-state index in [0.717, 1.165) is 0 Å². The molecule has 0 radical (unpaired) electrons. The van der Waals surface area contributed by atoms with Crippen LogP contribution in [-0.2, 0) is 14.7 Å². The van der Waals surface area contributed by atoms with Crippen LogP contribution < -0.4 is 0 Å². The maximum absolute atomic E-state index is 11.6. The lowest BCUT2D eigenvalue weighted by Crippen LogP contribution is -2.26. The Kier molecular flexibility index (Phi) is 5.95. The molecular weight excluding hydrogens is 347 g/mol. The number of phenols is 1. The molecule has 0 aromatic heterocycles. The molecule has 0 bridgehead atoms. The summed E-state index contributed by atoms with van der Waals surface area (Å²) in [6.07, 6.45) is 0.935. The topological polar surface area (TPSA) is 83.8 Å². The average molecular weight is 365 g/mol. The molecule has 0 aliphatic rings. The minimum atomic E-state index is -3.13. The van der Waals surface area contributed by atoms with Crippen molar-refractivity contribution in [1.82, 2.24) is 0 Å². The molecule has 0 heterocycles. The predicted octanol–water partition coefficient (Wildman–Crippen LogP) is 3.77. The third-order valence-electron chi connectivity index (χ3n) is 3.39. The van der Waals surface area contributed by atoms with Gasteiger partial charge in [-0.2, -0.15) is 0 Å². The third-order valence-corrected chi connectivity index (χ3v) is 4.56. The van der Waals surface area contributed by atoms with Gasteiger partial charge in [0.05, 0.1) is 10.0 Å². The molecule has 0 aliphatic heterocycles. The standard InChI is InChI=1S/C13H18BrO5P/c1-4-13(5-2,19-20(17)18)9-6-10(8(3)15)12(16)11(14)7-9/h6-7,16,20H,4-5H2,1-3H3,(H,17,18). The third kappa shape index (κ3) is 3.50. The lowest BCUT2D eigenvalue weighted by molar-refractivity contribution is 0.0534. The summed E-state index contributed by atoms with van der Waals surface area (Å²) < 4.78 is 16.7. The summed E-state index contributed by atoms with van der Waals surface area (Å²) in [5.41, 5.74) is -0.211. The summed E-state index contributed by atoms with van der Waals surface area (Å²) in [5, 5.41) is 9.87. The number of halogens is 1. The predicted molar refractivity (Wildman–Crippen MR) is 80.4 cm³/mol. The molecule has 20 heavy (non-hydrogen) atoms. The van der Waals surface area contributed by atoms with E-state index in [0.29, 0.717) is 22.9 Å².